The van der Waals surface area contributed by atoms with Crippen molar-refractivity contribution in [1.82, 2.24) is 10.3 Å². The van der Waals surface area contributed by atoms with Crippen LogP contribution in [-0.4, -0.2) is 16.9 Å². The molecule has 3 N–H and O–H groups in total. The number of halogens is 1. The largest absolute Gasteiger partial charge is 0.384 e. The van der Waals surface area contributed by atoms with Crippen LogP contribution in [0.25, 0.3) is 0 Å². The van der Waals surface area contributed by atoms with Gasteiger partial charge in [-0.2, -0.15) is 0 Å². The number of rotatable bonds is 3. The van der Waals surface area contributed by atoms with Crippen molar-refractivity contribution in [3.63, 3.8) is 0 Å². The number of carbonyl (C=O) groups is 1. The average molecular weight is 282 g/mol. The summed E-state index contributed by atoms with van der Waals surface area (Å²) in [5.74, 6) is 1.35. The highest BCUT2D eigenvalue weighted by atomic mass is 35.5. The first-order valence-corrected chi connectivity index (χ1v) is 7.12. The first-order chi connectivity index (χ1) is 9.02. The van der Waals surface area contributed by atoms with E-state index in [2.05, 4.69) is 24.1 Å². The van der Waals surface area contributed by atoms with Crippen LogP contribution in [0, 0.1) is 11.8 Å². The third-order valence-corrected chi connectivity index (χ3v) is 4.49. The van der Waals surface area contributed by atoms with E-state index in [1.165, 1.54) is 18.7 Å². The minimum Gasteiger partial charge on any atom is -0.384 e. The Morgan fingerprint density at radius 2 is 2.32 bits per heavy atom. The molecule has 1 aromatic heterocycles. The van der Waals surface area contributed by atoms with Crippen molar-refractivity contribution in [2.24, 2.45) is 11.8 Å². The van der Waals surface area contributed by atoms with Crippen LogP contribution in [0.15, 0.2) is 12.3 Å². The lowest BCUT2D eigenvalue weighted by Crippen LogP contribution is -2.37. The van der Waals surface area contributed by atoms with Gasteiger partial charge < -0.3 is 11.1 Å². The Bertz CT molecular complexity index is 478. The zero-order chi connectivity index (χ0) is 14.0. The molecule has 4 nitrogen and oxygen atoms in total. The molecule has 1 heterocycles. The Labute approximate surface area is 118 Å². The molecule has 0 bridgehead atoms. The van der Waals surface area contributed by atoms with Gasteiger partial charge in [-0.1, -0.05) is 31.9 Å². The maximum Gasteiger partial charge on any atom is 0.253 e. The highest BCUT2D eigenvalue weighted by Crippen LogP contribution is 2.34. The second-order valence-electron chi connectivity index (χ2n) is 5.27. The number of carbonyl (C=O) groups excluding carboxylic acids is 1. The SMILES string of the molecule is CCC1CCC(NC(=O)c2cc(N)ncc2Cl)C1C. The Kier molecular flexibility index (Phi) is 4.30. The summed E-state index contributed by atoms with van der Waals surface area (Å²) in [7, 11) is 0. The van der Waals surface area contributed by atoms with Crippen LogP contribution >= 0.6 is 11.6 Å². The summed E-state index contributed by atoms with van der Waals surface area (Å²) in [6.45, 7) is 4.40. The number of nitrogens with one attached hydrogen (secondary N) is 1. The van der Waals surface area contributed by atoms with E-state index in [1.807, 2.05) is 0 Å². The number of aromatic nitrogens is 1. The molecule has 1 aliphatic rings. The molecule has 104 valence electrons. The number of pyridine rings is 1. The Morgan fingerprint density at radius 1 is 1.58 bits per heavy atom. The van der Waals surface area contributed by atoms with E-state index < -0.39 is 0 Å². The molecule has 0 saturated heterocycles. The molecule has 1 aliphatic carbocycles. The van der Waals surface area contributed by atoms with Gasteiger partial charge in [0.05, 0.1) is 10.6 Å². The minimum atomic E-state index is -0.160. The van der Waals surface area contributed by atoms with Crippen LogP contribution in [0.5, 0.6) is 0 Å². The highest BCUT2D eigenvalue weighted by molar-refractivity contribution is 6.33. The van der Waals surface area contributed by atoms with Gasteiger partial charge in [0, 0.05) is 12.2 Å². The van der Waals surface area contributed by atoms with Gasteiger partial charge in [-0.3, -0.25) is 4.79 Å². The molecule has 1 saturated carbocycles. The normalized spacial score (nSPS) is 26.4. The summed E-state index contributed by atoms with van der Waals surface area (Å²) in [5, 5.41) is 3.41. The number of hydrogen-bond donors (Lipinski definition) is 2. The third kappa shape index (κ3) is 3.00. The van der Waals surface area contributed by atoms with Gasteiger partial charge in [-0.15, -0.1) is 0 Å². The Morgan fingerprint density at radius 3 is 2.95 bits per heavy atom. The zero-order valence-corrected chi connectivity index (χ0v) is 12.1. The smallest absolute Gasteiger partial charge is 0.253 e. The van der Waals surface area contributed by atoms with Gasteiger partial charge >= 0.3 is 0 Å². The van der Waals surface area contributed by atoms with Gasteiger partial charge in [0.1, 0.15) is 5.82 Å². The summed E-state index contributed by atoms with van der Waals surface area (Å²) >= 11 is 5.99. The van der Waals surface area contributed by atoms with Crippen molar-refractivity contribution in [3.8, 4) is 0 Å². The molecule has 1 fully saturated rings. The minimum absolute atomic E-state index is 0.160. The van der Waals surface area contributed by atoms with Gasteiger partial charge in [-0.25, -0.2) is 4.98 Å². The molecule has 0 radical (unpaired) electrons. The van der Waals surface area contributed by atoms with Crippen LogP contribution < -0.4 is 11.1 Å². The van der Waals surface area contributed by atoms with Crippen LogP contribution in [0.3, 0.4) is 0 Å². The second kappa shape index (κ2) is 5.78. The molecule has 0 aromatic carbocycles. The predicted octanol–water partition coefficient (Wildman–Crippen LogP) is 2.87. The molecule has 0 spiro atoms. The molecule has 3 unspecified atom stereocenters. The topological polar surface area (TPSA) is 68.0 Å². The fourth-order valence-electron chi connectivity index (χ4n) is 2.90. The highest BCUT2D eigenvalue weighted by Gasteiger charge is 2.32. The molecular formula is C14H20ClN3O. The number of amides is 1. The van der Waals surface area contributed by atoms with Crippen molar-refractivity contribution >= 4 is 23.3 Å². The van der Waals surface area contributed by atoms with Crippen molar-refractivity contribution < 1.29 is 4.79 Å². The third-order valence-electron chi connectivity index (χ3n) is 4.19. The maximum atomic E-state index is 12.2. The van der Waals surface area contributed by atoms with E-state index in [0.717, 1.165) is 12.8 Å². The lowest BCUT2D eigenvalue weighted by atomic mass is 9.93. The van der Waals surface area contributed by atoms with Gasteiger partial charge in [0.2, 0.25) is 0 Å². The van der Waals surface area contributed by atoms with Gasteiger partial charge in [-0.05, 0) is 30.7 Å². The predicted molar refractivity (Wildman–Crippen MR) is 77.1 cm³/mol. The number of hydrogen-bond acceptors (Lipinski definition) is 3. The van der Waals surface area contributed by atoms with E-state index in [4.69, 9.17) is 17.3 Å². The maximum absolute atomic E-state index is 12.2. The van der Waals surface area contributed by atoms with Crippen molar-refractivity contribution in [2.45, 2.75) is 39.2 Å². The van der Waals surface area contributed by atoms with Crippen molar-refractivity contribution in [1.29, 1.82) is 0 Å². The molecular weight excluding hydrogens is 262 g/mol. The van der Waals surface area contributed by atoms with Gasteiger partial charge in [0.15, 0.2) is 0 Å². The molecule has 5 heteroatoms. The first kappa shape index (κ1) is 14.1. The molecule has 1 aromatic rings. The van der Waals surface area contributed by atoms with Crippen molar-refractivity contribution in [2.75, 3.05) is 5.73 Å². The monoisotopic (exact) mass is 281 g/mol. The van der Waals surface area contributed by atoms with Crippen LogP contribution in [-0.2, 0) is 0 Å². The number of nitrogens with zero attached hydrogens (tertiary/aromatic N) is 1. The fraction of sp³-hybridized carbons (Fsp3) is 0.571. The summed E-state index contributed by atoms with van der Waals surface area (Å²) in [6.07, 6.45) is 4.79. The molecule has 2 rings (SSSR count). The summed E-state index contributed by atoms with van der Waals surface area (Å²) in [4.78, 5) is 16.1. The summed E-state index contributed by atoms with van der Waals surface area (Å²) in [5.41, 5.74) is 6.00. The summed E-state index contributed by atoms with van der Waals surface area (Å²) in [6, 6.07) is 1.75. The van der Waals surface area contributed by atoms with Crippen LogP contribution in [0.4, 0.5) is 5.82 Å². The fourth-order valence-corrected chi connectivity index (χ4v) is 3.09. The Hall–Kier alpha value is -1.29. The first-order valence-electron chi connectivity index (χ1n) is 6.74. The molecule has 3 atom stereocenters. The number of nitrogen functional groups attached to an aromatic ring is 1. The van der Waals surface area contributed by atoms with Crippen molar-refractivity contribution in [3.05, 3.63) is 22.8 Å². The van der Waals surface area contributed by atoms with E-state index in [1.54, 1.807) is 0 Å². The second-order valence-corrected chi connectivity index (χ2v) is 5.68. The van der Waals surface area contributed by atoms with E-state index in [0.29, 0.717) is 28.2 Å². The zero-order valence-electron chi connectivity index (χ0n) is 11.3. The molecule has 19 heavy (non-hydrogen) atoms. The van der Waals surface area contributed by atoms with Crippen LogP contribution in [0.2, 0.25) is 5.02 Å². The van der Waals surface area contributed by atoms with E-state index in [9.17, 15) is 4.79 Å². The molecule has 1 amide bonds. The van der Waals surface area contributed by atoms with E-state index in [-0.39, 0.29) is 11.9 Å². The molecule has 0 aliphatic heterocycles. The summed E-state index contributed by atoms with van der Waals surface area (Å²) < 4.78 is 0. The lowest BCUT2D eigenvalue weighted by Gasteiger charge is -2.21. The van der Waals surface area contributed by atoms with Gasteiger partial charge in [0.25, 0.3) is 5.91 Å². The number of nitrogens with two attached hydrogens (primary N) is 1. The van der Waals surface area contributed by atoms with E-state index >= 15 is 0 Å². The number of anilines is 1. The standard InChI is InChI=1S/C14H20ClN3O/c1-3-9-4-5-12(8(9)2)18-14(19)10-6-13(16)17-7-11(10)15/h6-9,12H,3-5H2,1-2H3,(H2,16,17)(H,18,19). The quantitative estimate of drug-likeness (QED) is 0.895. The average Bonchev–Trinajstić information content (AvgIpc) is 2.73. The lowest BCUT2D eigenvalue weighted by molar-refractivity contribution is 0.0926. The Balaban J connectivity index is 2.07. The van der Waals surface area contributed by atoms with Crippen LogP contribution in [0.1, 0.15) is 43.5 Å².